The van der Waals surface area contributed by atoms with Crippen molar-refractivity contribution < 1.29 is 8.42 Å². The zero-order valence-corrected chi connectivity index (χ0v) is 22.2. The molecule has 196 valence electrons. The normalized spacial score (nSPS) is 16.5. The van der Waals surface area contributed by atoms with Crippen LogP contribution in [0, 0.1) is 12.8 Å². The van der Waals surface area contributed by atoms with Crippen molar-refractivity contribution in [3.05, 3.63) is 58.3 Å². The summed E-state index contributed by atoms with van der Waals surface area (Å²) in [6, 6.07) is 3.05. The third kappa shape index (κ3) is 4.64. The molecule has 11 nitrogen and oxygen atoms in total. The monoisotopic (exact) mass is 532 g/mol. The van der Waals surface area contributed by atoms with E-state index in [9.17, 15) is 13.2 Å². The molecule has 4 heterocycles. The molecule has 38 heavy (non-hydrogen) atoms. The Morgan fingerprint density at radius 2 is 1.84 bits per heavy atom. The van der Waals surface area contributed by atoms with E-state index < -0.39 is 9.84 Å². The summed E-state index contributed by atoms with van der Waals surface area (Å²) in [5.74, 6) is 0.950. The van der Waals surface area contributed by atoms with E-state index in [0.717, 1.165) is 48.9 Å². The van der Waals surface area contributed by atoms with Crippen LogP contribution in [-0.4, -0.2) is 49.1 Å². The first-order chi connectivity index (χ1) is 18.2. The van der Waals surface area contributed by atoms with E-state index in [1.54, 1.807) is 23.2 Å². The number of sulfone groups is 1. The van der Waals surface area contributed by atoms with Gasteiger partial charge in [0.25, 0.3) is 5.56 Å². The third-order valence-corrected chi connectivity index (χ3v) is 8.36. The molecule has 0 aromatic carbocycles. The van der Waals surface area contributed by atoms with E-state index >= 15 is 0 Å². The van der Waals surface area contributed by atoms with Crippen molar-refractivity contribution in [1.82, 2.24) is 34.5 Å². The number of anilines is 1. The molecule has 2 aliphatic carbocycles. The fourth-order valence-electron chi connectivity index (χ4n) is 4.76. The highest BCUT2D eigenvalue weighted by Gasteiger charge is 2.33. The topological polar surface area (TPSA) is 146 Å². The molecule has 0 aliphatic heterocycles. The van der Waals surface area contributed by atoms with Crippen LogP contribution in [0.5, 0.6) is 0 Å². The number of nitrogens with zero attached hydrogens (tertiary/aromatic N) is 7. The molecular formula is C26H28N8O3S. The molecule has 1 atom stereocenters. The number of hydrogen-bond donors (Lipinski definition) is 1. The van der Waals surface area contributed by atoms with Crippen molar-refractivity contribution in [3.63, 3.8) is 0 Å². The van der Waals surface area contributed by atoms with Gasteiger partial charge >= 0.3 is 0 Å². The van der Waals surface area contributed by atoms with Gasteiger partial charge in [-0.15, -0.1) is 0 Å². The SMILES string of the molecule is Cc1ncnc(C2CC2)c1-c1cnc2nc(NCc3ccc(S(C)(=O)=O)cn3)c(=O)n([C@@H](C)C3CC3)c2n1. The van der Waals surface area contributed by atoms with E-state index in [2.05, 4.69) is 30.2 Å². The van der Waals surface area contributed by atoms with Gasteiger partial charge < -0.3 is 5.32 Å². The van der Waals surface area contributed by atoms with E-state index in [-0.39, 0.29) is 28.9 Å². The van der Waals surface area contributed by atoms with Crippen molar-refractivity contribution in [1.29, 1.82) is 0 Å². The molecule has 0 radical (unpaired) electrons. The summed E-state index contributed by atoms with van der Waals surface area (Å²) >= 11 is 0. The highest BCUT2D eigenvalue weighted by atomic mass is 32.2. The van der Waals surface area contributed by atoms with Crippen molar-refractivity contribution in [2.45, 2.75) is 62.9 Å². The molecule has 2 aliphatic rings. The minimum Gasteiger partial charge on any atom is -0.360 e. The van der Waals surface area contributed by atoms with Crippen LogP contribution in [0.1, 0.15) is 61.6 Å². The largest absolute Gasteiger partial charge is 0.360 e. The van der Waals surface area contributed by atoms with E-state index in [4.69, 9.17) is 4.98 Å². The average molecular weight is 533 g/mol. The summed E-state index contributed by atoms with van der Waals surface area (Å²) in [7, 11) is -3.34. The van der Waals surface area contributed by atoms with Gasteiger partial charge in [-0.3, -0.25) is 14.3 Å². The molecule has 4 aromatic heterocycles. The van der Waals surface area contributed by atoms with Gasteiger partial charge in [0.2, 0.25) is 0 Å². The highest BCUT2D eigenvalue weighted by molar-refractivity contribution is 7.90. The minimum absolute atomic E-state index is 0.0682. The minimum atomic E-state index is -3.34. The summed E-state index contributed by atoms with van der Waals surface area (Å²) in [5.41, 5.74) is 4.45. The number of aryl methyl sites for hydroxylation is 1. The molecule has 4 aromatic rings. The lowest BCUT2D eigenvalue weighted by Crippen LogP contribution is -2.29. The summed E-state index contributed by atoms with van der Waals surface area (Å²) in [4.78, 5) is 41.1. The number of fused-ring (bicyclic) bond motifs is 1. The van der Waals surface area contributed by atoms with Crippen molar-refractivity contribution in [3.8, 4) is 11.3 Å². The smallest absolute Gasteiger partial charge is 0.295 e. The zero-order chi connectivity index (χ0) is 26.6. The Hall–Kier alpha value is -3.80. The van der Waals surface area contributed by atoms with Crippen LogP contribution >= 0.6 is 0 Å². The number of hydrogen-bond acceptors (Lipinski definition) is 10. The zero-order valence-electron chi connectivity index (χ0n) is 21.4. The lowest BCUT2D eigenvalue weighted by atomic mass is 10.1. The Bertz CT molecular complexity index is 1710. The Morgan fingerprint density at radius 3 is 2.50 bits per heavy atom. The van der Waals surface area contributed by atoms with Gasteiger partial charge in [-0.05, 0) is 57.6 Å². The van der Waals surface area contributed by atoms with Crippen LogP contribution in [-0.2, 0) is 16.4 Å². The summed E-state index contributed by atoms with van der Waals surface area (Å²) in [5, 5.41) is 3.08. The molecule has 6 rings (SSSR count). The number of pyridine rings is 1. The van der Waals surface area contributed by atoms with Crippen molar-refractivity contribution in [2.24, 2.45) is 5.92 Å². The van der Waals surface area contributed by atoms with Gasteiger partial charge in [0, 0.05) is 30.0 Å². The number of nitrogens with one attached hydrogen (secondary N) is 1. The third-order valence-electron chi connectivity index (χ3n) is 7.26. The fraction of sp³-hybridized carbons (Fsp3) is 0.423. The number of aromatic nitrogens is 7. The second-order valence-corrected chi connectivity index (χ2v) is 12.2. The van der Waals surface area contributed by atoms with Crippen molar-refractivity contribution in [2.75, 3.05) is 11.6 Å². The highest BCUT2D eigenvalue weighted by Crippen LogP contribution is 2.44. The maximum Gasteiger partial charge on any atom is 0.295 e. The molecule has 0 saturated heterocycles. The van der Waals surface area contributed by atoms with Gasteiger partial charge in [-0.2, -0.15) is 0 Å². The predicted molar refractivity (Wildman–Crippen MR) is 141 cm³/mol. The summed E-state index contributed by atoms with van der Waals surface area (Å²) in [6.45, 7) is 4.18. The summed E-state index contributed by atoms with van der Waals surface area (Å²) < 4.78 is 25.1. The molecule has 2 saturated carbocycles. The van der Waals surface area contributed by atoms with Gasteiger partial charge in [-0.1, -0.05) is 0 Å². The van der Waals surface area contributed by atoms with Gasteiger partial charge in [-0.25, -0.2) is 33.3 Å². The maximum atomic E-state index is 13.7. The van der Waals surface area contributed by atoms with E-state index in [0.29, 0.717) is 34.5 Å². The van der Waals surface area contributed by atoms with Gasteiger partial charge in [0.05, 0.1) is 40.4 Å². The Kier molecular flexibility index (Phi) is 5.93. The molecule has 12 heteroatoms. The van der Waals surface area contributed by atoms with Crippen LogP contribution in [0.25, 0.3) is 22.6 Å². The molecule has 0 spiro atoms. The molecule has 2 fully saturated rings. The van der Waals surface area contributed by atoms with Crippen molar-refractivity contribution >= 4 is 26.9 Å². The number of rotatable bonds is 8. The molecular weight excluding hydrogens is 504 g/mol. The average Bonchev–Trinajstić information content (AvgIpc) is 3.80. The standard InChI is InChI=1S/C26H28N8O3S/c1-14-21(22(17-6-7-17)31-13-30-14)20-12-29-23-25(32-20)34(15(2)16-4-5-16)26(35)24(33-23)28-10-18-8-9-19(11-27-18)38(3,36)37/h8-9,11-13,15-17H,4-7,10H2,1-3H3,(H,28,29,33)/t15-/m0/s1. The predicted octanol–water partition coefficient (Wildman–Crippen LogP) is 3.21. The van der Waals surface area contributed by atoms with Gasteiger partial charge in [0.15, 0.2) is 26.9 Å². The van der Waals surface area contributed by atoms with E-state index in [1.807, 2.05) is 13.8 Å². The molecule has 0 amide bonds. The lowest BCUT2D eigenvalue weighted by molar-refractivity contribution is 0.482. The first-order valence-electron chi connectivity index (χ1n) is 12.7. The molecule has 1 N–H and O–H groups in total. The van der Waals surface area contributed by atoms with Crippen LogP contribution in [0.3, 0.4) is 0 Å². The Morgan fingerprint density at radius 1 is 1.05 bits per heavy atom. The lowest BCUT2D eigenvalue weighted by Gasteiger charge is -2.19. The van der Waals surface area contributed by atoms with Gasteiger partial charge in [0.1, 0.15) is 6.33 Å². The second kappa shape index (κ2) is 9.19. The van der Waals surface area contributed by atoms with Crippen LogP contribution < -0.4 is 10.9 Å². The first kappa shape index (κ1) is 24.5. The molecule has 0 bridgehead atoms. The second-order valence-electron chi connectivity index (χ2n) is 10.2. The Labute approximate surface area is 219 Å². The van der Waals surface area contributed by atoms with Crippen LogP contribution in [0.2, 0.25) is 0 Å². The first-order valence-corrected chi connectivity index (χ1v) is 14.6. The maximum absolute atomic E-state index is 13.7. The fourth-order valence-corrected chi connectivity index (χ4v) is 5.32. The van der Waals surface area contributed by atoms with Crippen LogP contribution in [0.15, 0.2) is 40.5 Å². The summed E-state index contributed by atoms with van der Waals surface area (Å²) in [6.07, 6.45) is 10.0. The quantitative estimate of drug-likeness (QED) is 0.359. The Balaban J connectivity index is 1.40. The van der Waals surface area contributed by atoms with Crippen LogP contribution in [0.4, 0.5) is 5.82 Å². The molecule has 0 unspecified atom stereocenters. The van der Waals surface area contributed by atoms with E-state index in [1.165, 1.54) is 12.3 Å².